The third-order valence-corrected chi connectivity index (χ3v) is 5.85. The number of aliphatic hydroxyl groups excluding tert-OH is 1. The second-order valence-electron chi connectivity index (χ2n) is 8.22. The van der Waals surface area contributed by atoms with Gasteiger partial charge in [0.05, 0.1) is 40.7 Å². The molecule has 0 spiro atoms. The molecule has 36 heavy (non-hydrogen) atoms. The van der Waals surface area contributed by atoms with Crippen molar-refractivity contribution < 1.29 is 9.90 Å². The van der Waals surface area contributed by atoms with Gasteiger partial charge in [-0.3, -0.25) is 19.1 Å². The van der Waals surface area contributed by atoms with Gasteiger partial charge in [-0.15, -0.1) is 0 Å². The molecule has 0 saturated carbocycles. The van der Waals surface area contributed by atoms with E-state index in [1.165, 1.54) is 18.2 Å². The van der Waals surface area contributed by atoms with Gasteiger partial charge in [-0.25, -0.2) is 4.79 Å². The van der Waals surface area contributed by atoms with Gasteiger partial charge in [0.2, 0.25) is 0 Å². The lowest BCUT2D eigenvalue weighted by Crippen LogP contribution is -2.40. The van der Waals surface area contributed by atoms with Gasteiger partial charge in [0.15, 0.2) is 0 Å². The van der Waals surface area contributed by atoms with Gasteiger partial charge in [-0.05, 0) is 43.2 Å². The van der Waals surface area contributed by atoms with Crippen LogP contribution in [0.25, 0.3) is 5.69 Å². The van der Waals surface area contributed by atoms with Crippen LogP contribution < -0.4 is 16.6 Å². The van der Waals surface area contributed by atoms with Crippen molar-refractivity contribution in [1.82, 2.24) is 24.6 Å². The number of carbonyl (C=O) groups is 1. The number of amides is 1. The van der Waals surface area contributed by atoms with Gasteiger partial charge in [0.25, 0.3) is 11.5 Å². The zero-order valence-corrected chi connectivity index (χ0v) is 20.4. The average molecular weight is 511 g/mol. The third kappa shape index (κ3) is 7.34. The maximum Gasteiger partial charge on any atom is 0.352 e. The Morgan fingerprint density at radius 3 is 2.72 bits per heavy atom. The van der Waals surface area contributed by atoms with Crippen molar-refractivity contribution >= 4 is 17.5 Å². The Hall–Kier alpha value is -3.81. The summed E-state index contributed by atoms with van der Waals surface area (Å²) in [5, 5.41) is 25.5. The fourth-order valence-electron chi connectivity index (χ4n) is 3.58. The van der Waals surface area contributed by atoms with Crippen LogP contribution in [0.2, 0.25) is 5.02 Å². The Bertz CT molecular complexity index is 1330. The van der Waals surface area contributed by atoms with Crippen molar-refractivity contribution in [2.45, 2.75) is 51.2 Å². The number of nitrogens with one attached hydrogen (secondary N) is 1. The van der Waals surface area contributed by atoms with Gasteiger partial charge in [-0.2, -0.15) is 15.0 Å². The van der Waals surface area contributed by atoms with Crippen molar-refractivity contribution in [1.29, 1.82) is 5.26 Å². The van der Waals surface area contributed by atoms with E-state index in [1.54, 1.807) is 24.4 Å². The number of nitriles is 1. The summed E-state index contributed by atoms with van der Waals surface area (Å²) in [6.45, 7) is 0.0168. The van der Waals surface area contributed by atoms with Crippen molar-refractivity contribution in [2.24, 2.45) is 0 Å². The number of benzene rings is 1. The summed E-state index contributed by atoms with van der Waals surface area (Å²) >= 11 is 6.22. The lowest BCUT2D eigenvalue weighted by molar-refractivity contribution is 0.0908. The van der Waals surface area contributed by atoms with Crippen molar-refractivity contribution in [3.8, 4) is 11.8 Å². The predicted molar refractivity (Wildman–Crippen MR) is 134 cm³/mol. The molecular formula is C25H27ClN6O4. The van der Waals surface area contributed by atoms with Crippen molar-refractivity contribution in [3.63, 3.8) is 0 Å². The standard InChI is InChI=1S/C25H27ClN6O4/c26-22-11-10-19(14-21(22)24(35)29-15-20(33)9-4-2-1-3-6-12-27)32-25(36)31(23(34)16-30-32)17-18-8-5-7-13-28-18/h5,7-8,10-11,13-14,16,20,33H,1-4,6,9,15,17H2,(H,29,35). The number of aliphatic hydroxyl groups is 1. The van der Waals surface area contributed by atoms with E-state index < -0.39 is 23.3 Å². The topological polar surface area (TPSA) is 143 Å². The molecule has 2 N–H and O–H groups in total. The summed E-state index contributed by atoms with van der Waals surface area (Å²) in [5.41, 5.74) is -0.373. The minimum Gasteiger partial charge on any atom is -0.391 e. The molecule has 0 aliphatic heterocycles. The number of nitrogens with zero attached hydrogens (tertiary/aromatic N) is 5. The van der Waals surface area contributed by atoms with E-state index in [4.69, 9.17) is 16.9 Å². The molecule has 3 aromatic rings. The highest BCUT2D eigenvalue weighted by Gasteiger charge is 2.16. The lowest BCUT2D eigenvalue weighted by atomic mass is 10.1. The molecule has 0 aliphatic rings. The van der Waals surface area contributed by atoms with Gasteiger partial charge < -0.3 is 10.4 Å². The molecule has 1 unspecified atom stereocenters. The zero-order valence-electron chi connectivity index (χ0n) is 19.6. The van der Waals surface area contributed by atoms with E-state index in [2.05, 4.69) is 21.5 Å². The molecule has 10 nitrogen and oxygen atoms in total. The van der Waals surface area contributed by atoms with Crippen LogP contribution in [0.3, 0.4) is 0 Å². The van der Waals surface area contributed by atoms with Crippen molar-refractivity contribution in [3.05, 3.63) is 85.9 Å². The summed E-state index contributed by atoms with van der Waals surface area (Å²) < 4.78 is 2.01. The molecule has 188 valence electrons. The van der Waals surface area contributed by atoms with Crippen LogP contribution in [0.15, 0.2) is 58.4 Å². The van der Waals surface area contributed by atoms with Crippen LogP contribution in [0.5, 0.6) is 0 Å². The molecule has 1 aromatic carbocycles. The summed E-state index contributed by atoms with van der Waals surface area (Å²) in [4.78, 5) is 42.2. The summed E-state index contributed by atoms with van der Waals surface area (Å²) in [6.07, 6.45) is 6.41. The van der Waals surface area contributed by atoms with E-state index in [-0.39, 0.29) is 29.4 Å². The normalized spacial score (nSPS) is 11.6. The predicted octanol–water partition coefficient (Wildman–Crippen LogP) is 2.45. The summed E-state index contributed by atoms with van der Waals surface area (Å²) in [7, 11) is 0. The highest BCUT2D eigenvalue weighted by atomic mass is 35.5. The third-order valence-electron chi connectivity index (χ3n) is 5.52. The SMILES string of the molecule is N#CCCCCCCC(O)CNC(=O)c1cc(-n2ncc(=O)n(Cc3ccccn3)c2=O)ccc1Cl. The van der Waals surface area contributed by atoms with Crippen LogP contribution in [0.4, 0.5) is 0 Å². The minimum absolute atomic E-state index is 0.0296. The Kier molecular flexibility index (Phi) is 9.92. The molecule has 2 aromatic heterocycles. The van der Waals surface area contributed by atoms with E-state index in [9.17, 15) is 19.5 Å². The number of aromatic nitrogens is 4. The Morgan fingerprint density at radius 1 is 1.17 bits per heavy atom. The van der Waals surface area contributed by atoms with Crippen LogP contribution in [0, 0.1) is 11.3 Å². The fourth-order valence-corrected chi connectivity index (χ4v) is 3.78. The molecule has 0 radical (unpaired) electrons. The molecule has 2 heterocycles. The van der Waals surface area contributed by atoms with Gasteiger partial charge in [0.1, 0.15) is 6.20 Å². The fraction of sp³-hybridized carbons (Fsp3) is 0.360. The smallest absolute Gasteiger partial charge is 0.352 e. The molecular weight excluding hydrogens is 484 g/mol. The molecule has 1 amide bonds. The van der Waals surface area contributed by atoms with E-state index >= 15 is 0 Å². The van der Waals surface area contributed by atoms with Crippen LogP contribution in [-0.2, 0) is 6.54 Å². The van der Waals surface area contributed by atoms with Crippen LogP contribution in [0.1, 0.15) is 54.6 Å². The number of hydrogen-bond acceptors (Lipinski definition) is 7. The minimum atomic E-state index is -0.716. The first-order valence-electron chi connectivity index (χ1n) is 11.6. The zero-order chi connectivity index (χ0) is 25.9. The molecule has 11 heteroatoms. The molecule has 3 rings (SSSR count). The first-order valence-corrected chi connectivity index (χ1v) is 12.0. The Labute approximate surface area is 212 Å². The number of rotatable bonds is 12. The summed E-state index contributed by atoms with van der Waals surface area (Å²) in [6, 6.07) is 11.7. The maximum atomic E-state index is 13.0. The molecule has 0 aliphatic carbocycles. The van der Waals surface area contributed by atoms with Gasteiger partial charge in [0, 0.05) is 19.2 Å². The van der Waals surface area contributed by atoms with Crippen molar-refractivity contribution in [2.75, 3.05) is 6.54 Å². The lowest BCUT2D eigenvalue weighted by Gasteiger charge is -2.13. The first-order chi connectivity index (χ1) is 17.4. The highest BCUT2D eigenvalue weighted by molar-refractivity contribution is 6.33. The largest absolute Gasteiger partial charge is 0.391 e. The molecule has 1 atom stereocenters. The van der Waals surface area contributed by atoms with Crippen LogP contribution in [-0.4, -0.2) is 43.0 Å². The molecule has 0 bridgehead atoms. The number of halogens is 1. The van der Waals surface area contributed by atoms with Gasteiger partial charge >= 0.3 is 5.69 Å². The number of unbranched alkanes of at least 4 members (excludes halogenated alkanes) is 4. The van der Waals surface area contributed by atoms with E-state index in [1.807, 2.05) is 0 Å². The Morgan fingerprint density at radius 2 is 1.97 bits per heavy atom. The number of pyridine rings is 1. The molecule has 0 fully saturated rings. The maximum absolute atomic E-state index is 13.0. The number of carbonyl (C=O) groups excluding carboxylic acids is 1. The van der Waals surface area contributed by atoms with E-state index in [0.717, 1.165) is 41.1 Å². The van der Waals surface area contributed by atoms with Crippen LogP contribution >= 0.6 is 11.6 Å². The van der Waals surface area contributed by atoms with E-state index in [0.29, 0.717) is 18.5 Å². The quantitative estimate of drug-likeness (QED) is 0.356. The first kappa shape index (κ1) is 26.8. The second kappa shape index (κ2) is 13.3. The number of hydrogen-bond donors (Lipinski definition) is 2. The highest BCUT2D eigenvalue weighted by Crippen LogP contribution is 2.19. The monoisotopic (exact) mass is 510 g/mol. The Balaban J connectivity index is 1.69. The average Bonchev–Trinajstić information content (AvgIpc) is 2.88. The van der Waals surface area contributed by atoms with Gasteiger partial charge in [-0.1, -0.05) is 36.9 Å². The summed E-state index contributed by atoms with van der Waals surface area (Å²) in [5.74, 6) is -0.509. The second-order valence-corrected chi connectivity index (χ2v) is 8.63. The molecule has 0 saturated heterocycles.